The standard InChI is InChI=1S/C13H16F3NOS/c1-2-3-8-19-9-12(18)17-11-6-4-10(5-7-11)13(14,15)16/h4-7H,2-3,8-9H2,1H3,(H,17,18). The molecular formula is C13H16F3NOS. The van der Waals surface area contributed by atoms with Crippen molar-refractivity contribution in [2.75, 3.05) is 16.8 Å². The lowest BCUT2D eigenvalue weighted by atomic mass is 10.2. The first-order valence-corrected chi connectivity index (χ1v) is 7.14. The number of carbonyl (C=O) groups is 1. The van der Waals surface area contributed by atoms with Gasteiger partial charge in [0.1, 0.15) is 0 Å². The van der Waals surface area contributed by atoms with E-state index in [1.165, 1.54) is 23.9 Å². The van der Waals surface area contributed by atoms with Crippen molar-refractivity contribution in [3.05, 3.63) is 29.8 Å². The molecule has 0 spiro atoms. The normalized spacial score (nSPS) is 11.4. The molecule has 0 aliphatic heterocycles. The van der Waals surface area contributed by atoms with Crippen LogP contribution >= 0.6 is 11.8 Å². The summed E-state index contributed by atoms with van der Waals surface area (Å²) in [4.78, 5) is 11.5. The van der Waals surface area contributed by atoms with Gasteiger partial charge in [0.2, 0.25) is 5.91 Å². The molecule has 19 heavy (non-hydrogen) atoms. The van der Waals surface area contributed by atoms with Crippen LogP contribution in [-0.4, -0.2) is 17.4 Å². The fourth-order valence-corrected chi connectivity index (χ4v) is 2.25. The van der Waals surface area contributed by atoms with Crippen molar-refractivity contribution >= 4 is 23.4 Å². The van der Waals surface area contributed by atoms with Gasteiger partial charge in [0.15, 0.2) is 0 Å². The number of unbranched alkanes of at least 4 members (excludes halogenated alkanes) is 1. The van der Waals surface area contributed by atoms with E-state index < -0.39 is 11.7 Å². The molecule has 1 rings (SSSR count). The smallest absolute Gasteiger partial charge is 0.325 e. The Labute approximate surface area is 114 Å². The number of halogens is 3. The van der Waals surface area contributed by atoms with Gasteiger partial charge >= 0.3 is 6.18 Å². The molecule has 0 saturated heterocycles. The predicted octanol–water partition coefficient (Wildman–Crippen LogP) is 4.18. The number of hydrogen-bond donors (Lipinski definition) is 1. The van der Waals surface area contributed by atoms with Crippen LogP contribution in [0, 0.1) is 0 Å². The average molecular weight is 291 g/mol. The van der Waals surface area contributed by atoms with Crippen LogP contribution in [-0.2, 0) is 11.0 Å². The van der Waals surface area contributed by atoms with Crippen LogP contribution in [0.3, 0.4) is 0 Å². The average Bonchev–Trinajstić information content (AvgIpc) is 2.34. The highest BCUT2D eigenvalue weighted by molar-refractivity contribution is 7.99. The molecule has 0 heterocycles. The van der Waals surface area contributed by atoms with Crippen LogP contribution in [0.4, 0.5) is 18.9 Å². The van der Waals surface area contributed by atoms with Crippen molar-refractivity contribution in [1.82, 2.24) is 0 Å². The van der Waals surface area contributed by atoms with Crippen LogP contribution in [0.5, 0.6) is 0 Å². The van der Waals surface area contributed by atoms with Gasteiger partial charge in [-0.05, 0) is 36.4 Å². The molecule has 0 aliphatic carbocycles. The van der Waals surface area contributed by atoms with Gasteiger partial charge in [-0.3, -0.25) is 4.79 Å². The molecule has 2 nitrogen and oxygen atoms in total. The zero-order chi connectivity index (χ0) is 14.3. The monoisotopic (exact) mass is 291 g/mol. The molecule has 0 atom stereocenters. The first-order chi connectivity index (χ1) is 8.93. The summed E-state index contributed by atoms with van der Waals surface area (Å²) in [5, 5.41) is 2.57. The van der Waals surface area contributed by atoms with Crippen molar-refractivity contribution in [2.45, 2.75) is 25.9 Å². The fraction of sp³-hybridized carbons (Fsp3) is 0.462. The van der Waals surface area contributed by atoms with Crippen molar-refractivity contribution in [3.8, 4) is 0 Å². The maximum absolute atomic E-state index is 12.3. The molecule has 6 heteroatoms. The minimum Gasteiger partial charge on any atom is -0.325 e. The van der Waals surface area contributed by atoms with Crippen LogP contribution in [0.1, 0.15) is 25.3 Å². The number of anilines is 1. The summed E-state index contributed by atoms with van der Waals surface area (Å²) in [6.45, 7) is 2.07. The minimum atomic E-state index is -4.35. The minimum absolute atomic E-state index is 0.194. The number of hydrogen-bond acceptors (Lipinski definition) is 2. The van der Waals surface area contributed by atoms with E-state index in [0.717, 1.165) is 30.7 Å². The van der Waals surface area contributed by atoms with Gasteiger partial charge < -0.3 is 5.32 Å². The van der Waals surface area contributed by atoms with Gasteiger partial charge in [0, 0.05) is 5.69 Å². The topological polar surface area (TPSA) is 29.1 Å². The van der Waals surface area contributed by atoms with Gasteiger partial charge in [-0.1, -0.05) is 13.3 Å². The van der Waals surface area contributed by atoms with E-state index in [2.05, 4.69) is 12.2 Å². The van der Waals surface area contributed by atoms with Gasteiger partial charge in [-0.25, -0.2) is 0 Å². The highest BCUT2D eigenvalue weighted by Gasteiger charge is 2.29. The van der Waals surface area contributed by atoms with Gasteiger partial charge in [-0.15, -0.1) is 0 Å². The summed E-state index contributed by atoms with van der Waals surface area (Å²) in [6.07, 6.45) is -2.22. The lowest BCUT2D eigenvalue weighted by Crippen LogP contribution is -2.14. The summed E-state index contributed by atoms with van der Waals surface area (Å²) < 4.78 is 37.0. The summed E-state index contributed by atoms with van der Waals surface area (Å²) in [6, 6.07) is 4.44. The third-order valence-corrected chi connectivity index (χ3v) is 3.42. The highest BCUT2D eigenvalue weighted by atomic mass is 32.2. The second-order valence-corrected chi connectivity index (χ2v) is 5.13. The highest BCUT2D eigenvalue weighted by Crippen LogP contribution is 2.29. The Morgan fingerprint density at radius 3 is 2.42 bits per heavy atom. The molecule has 1 amide bonds. The number of thioether (sulfide) groups is 1. The predicted molar refractivity (Wildman–Crippen MR) is 72.3 cm³/mol. The van der Waals surface area contributed by atoms with Crippen molar-refractivity contribution in [2.24, 2.45) is 0 Å². The van der Waals surface area contributed by atoms with Crippen LogP contribution in [0.2, 0.25) is 0 Å². The summed E-state index contributed by atoms with van der Waals surface area (Å²) >= 11 is 1.52. The van der Waals surface area contributed by atoms with E-state index in [9.17, 15) is 18.0 Å². The number of nitrogens with one attached hydrogen (secondary N) is 1. The van der Waals surface area contributed by atoms with E-state index >= 15 is 0 Å². The largest absolute Gasteiger partial charge is 0.416 e. The molecule has 0 radical (unpaired) electrons. The van der Waals surface area contributed by atoms with E-state index in [4.69, 9.17) is 0 Å². The Morgan fingerprint density at radius 1 is 1.26 bits per heavy atom. The SMILES string of the molecule is CCCCSCC(=O)Nc1ccc(C(F)(F)F)cc1. The Hall–Kier alpha value is -1.17. The molecule has 0 unspecified atom stereocenters. The van der Waals surface area contributed by atoms with Crippen LogP contribution in [0.15, 0.2) is 24.3 Å². The number of benzene rings is 1. The van der Waals surface area contributed by atoms with Gasteiger partial charge in [0.25, 0.3) is 0 Å². The number of rotatable bonds is 6. The number of carbonyl (C=O) groups excluding carboxylic acids is 1. The van der Waals surface area contributed by atoms with E-state index in [1.54, 1.807) is 0 Å². The van der Waals surface area contributed by atoms with Crippen molar-refractivity contribution in [1.29, 1.82) is 0 Å². The summed E-state index contributed by atoms with van der Waals surface area (Å²) in [5.74, 6) is 1.04. The van der Waals surface area contributed by atoms with Crippen molar-refractivity contribution in [3.63, 3.8) is 0 Å². The number of amides is 1. The molecule has 1 aromatic carbocycles. The van der Waals surface area contributed by atoms with E-state index in [0.29, 0.717) is 11.4 Å². The molecule has 0 aliphatic rings. The molecule has 106 valence electrons. The Bertz CT molecular complexity index is 403. The zero-order valence-corrected chi connectivity index (χ0v) is 11.4. The summed E-state index contributed by atoms with van der Waals surface area (Å²) in [7, 11) is 0. The second kappa shape index (κ2) is 7.43. The third kappa shape index (κ3) is 6.00. The first kappa shape index (κ1) is 15.9. The second-order valence-electron chi connectivity index (χ2n) is 4.03. The van der Waals surface area contributed by atoms with Crippen LogP contribution < -0.4 is 5.32 Å². The van der Waals surface area contributed by atoms with Crippen LogP contribution in [0.25, 0.3) is 0 Å². The number of alkyl halides is 3. The molecule has 0 saturated carbocycles. The molecule has 1 N–H and O–H groups in total. The zero-order valence-electron chi connectivity index (χ0n) is 10.6. The Kier molecular flexibility index (Phi) is 6.21. The molecular weight excluding hydrogens is 275 g/mol. The van der Waals surface area contributed by atoms with Gasteiger partial charge in [-0.2, -0.15) is 24.9 Å². The Balaban J connectivity index is 2.43. The lowest BCUT2D eigenvalue weighted by Gasteiger charge is -2.08. The molecule has 0 fully saturated rings. The quantitative estimate of drug-likeness (QED) is 0.797. The van der Waals surface area contributed by atoms with Gasteiger partial charge in [0.05, 0.1) is 11.3 Å². The maximum atomic E-state index is 12.3. The van der Waals surface area contributed by atoms with E-state index in [1.807, 2.05) is 0 Å². The third-order valence-electron chi connectivity index (χ3n) is 2.37. The molecule has 0 aromatic heterocycles. The lowest BCUT2D eigenvalue weighted by molar-refractivity contribution is -0.137. The maximum Gasteiger partial charge on any atom is 0.416 e. The van der Waals surface area contributed by atoms with Crippen molar-refractivity contribution < 1.29 is 18.0 Å². The molecule has 1 aromatic rings. The fourth-order valence-electron chi connectivity index (χ4n) is 1.35. The summed E-state index contributed by atoms with van der Waals surface area (Å²) in [5.41, 5.74) is -0.336. The Morgan fingerprint density at radius 2 is 1.89 bits per heavy atom. The van der Waals surface area contributed by atoms with E-state index in [-0.39, 0.29) is 5.91 Å². The first-order valence-electron chi connectivity index (χ1n) is 5.98. The molecule has 0 bridgehead atoms.